The molecule has 7 heteroatoms. The first-order valence-electron chi connectivity index (χ1n) is 10.8. The van der Waals surface area contributed by atoms with Crippen LogP contribution in [0.4, 0.5) is 5.69 Å². The minimum absolute atomic E-state index is 0.131. The molecule has 4 rings (SSSR count). The molecule has 0 aliphatic heterocycles. The number of anilines is 1. The lowest BCUT2D eigenvalue weighted by Crippen LogP contribution is -2.32. The molecule has 0 unspecified atom stereocenters. The fraction of sp³-hybridized carbons (Fsp3) is 0.192. The van der Waals surface area contributed by atoms with Gasteiger partial charge in [-0.1, -0.05) is 37.3 Å². The summed E-state index contributed by atoms with van der Waals surface area (Å²) < 4.78 is 13.2. The minimum Gasteiger partial charge on any atom is -0.487 e. The number of hydrogen-bond acceptors (Lipinski definition) is 5. The van der Waals surface area contributed by atoms with Crippen LogP contribution in [0.25, 0.3) is 5.65 Å². The van der Waals surface area contributed by atoms with Gasteiger partial charge in [-0.15, -0.1) is 0 Å². The Morgan fingerprint density at radius 2 is 1.82 bits per heavy atom. The van der Waals surface area contributed by atoms with Gasteiger partial charge in [0.2, 0.25) is 0 Å². The number of rotatable bonds is 8. The topological polar surface area (TPSA) is 81.9 Å². The van der Waals surface area contributed by atoms with E-state index in [1.807, 2.05) is 56.3 Å². The van der Waals surface area contributed by atoms with Crippen LogP contribution < -0.4 is 20.3 Å². The molecule has 2 aromatic heterocycles. The van der Waals surface area contributed by atoms with E-state index in [-0.39, 0.29) is 18.1 Å². The van der Waals surface area contributed by atoms with Gasteiger partial charge in [-0.05, 0) is 49.2 Å². The van der Waals surface area contributed by atoms with E-state index in [0.29, 0.717) is 34.9 Å². The number of aryl methyl sites for hydroxylation is 1. The zero-order valence-electron chi connectivity index (χ0n) is 18.5. The quantitative estimate of drug-likeness (QED) is 0.437. The van der Waals surface area contributed by atoms with E-state index in [9.17, 15) is 9.59 Å². The maximum atomic E-state index is 12.7. The summed E-state index contributed by atoms with van der Waals surface area (Å²) in [7, 11) is 0. The first-order valence-corrected chi connectivity index (χ1v) is 10.8. The fourth-order valence-electron chi connectivity index (χ4n) is 3.41. The summed E-state index contributed by atoms with van der Waals surface area (Å²) in [6, 6.07) is 21.5. The molecular weight excluding hydrogens is 418 g/mol. The molecule has 33 heavy (non-hydrogen) atoms. The van der Waals surface area contributed by atoms with E-state index in [2.05, 4.69) is 10.3 Å². The molecular formula is C26H25N3O4. The van der Waals surface area contributed by atoms with Crippen LogP contribution in [0.1, 0.15) is 24.6 Å². The second kappa shape index (κ2) is 9.99. The van der Waals surface area contributed by atoms with Crippen molar-refractivity contribution in [2.24, 2.45) is 0 Å². The molecule has 1 amide bonds. The van der Waals surface area contributed by atoms with E-state index < -0.39 is 6.10 Å². The van der Waals surface area contributed by atoms with Crippen LogP contribution in [-0.2, 0) is 11.4 Å². The van der Waals surface area contributed by atoms with Crippen LogP contribution in [0.15, 0.2) is 83.8 Å². The summed E-state index contributed by atoms with van der Waals surface area (Å²) in [6.45, 7) is 3.93. The van der Waals surface area contributed by atoms with Gasteiger partial charge in [-0.2, -0.15) is 0 Å². The van der Waals surface area contributed by atoms with Crippen molar-refractivity contribution in [3.8, 4) is 11.5 Å². The molecule has 4 aromatic rings. The van der Waals surface area contributed by atoms with Crippen LogP contribution in [0, 0.1) is 6.92 Å². The third-order valence-corrected chi connectivity index (χ3v) is 5.11. The number of ether oxygens (including phenoxy) is 2. The van der Waals surface area contributed by atoms with Crippen molar-refractivity contribution in [3.63, 3.8) is 0 Å². The van der Waals surface area contributed by atoms with Gasteiger partial charge < -0.3 is 14.8 Å². The fourth-order valence-corrected chi connectivity index (χ4v) is 3.41. The zero-order chi connectivity index (χ0) is 23.2. The Hall–Kier alpha value is -4.13. The average molecular weight is 444 g/mol. The van der Waals surface area contributed by atoms with E-state index in [1.165, 1.54) is 10.5 Å². The smallest absolute Gasteiger partial charge is 0.265 e. The molecule has 0 aliphatic rings. The Bertz CT molecular complexity index is 1320. The average Bonchev–Trinajstić information content (AvgIpc) is 2.83. The summed E-state index contributed by atoms with van der Waals surface area (Å²) in [5.74, 6) is 0.959. The van der Waals surface area contributed by atoms with Gasteiger partial charge in [0, 0.05) is 24.0 Å². The molecule has 0 saturated carbocycles. The molecule has 1 N–H and O–H groups in total. The van der Waals surface area contributed by atoms with E-state index in [1.54, 1.807) is 30.5 Å². The third kappa shape index (κ3) is 5.38. The normalized spacial score (nSPS) is 11.7. The number of amides is 1. The number of aromatic nitrogens is 2. The number of carbonyl (C=O) groups excluding carboxylic acids is 1. The number of para-hydroxylation sites is 1. The Morgan fingerprint density at radius 1 is 1.03 bits per heavy atom. The number of carbonyl (C=O) groups is 1. The van der Waals surface area contributed by atoms with E-state index in [0.717, 1.165) is 5.56 Å². The lowest BCUT2D eigenvalue weighted by molar-refractivity contribution is -0.122. The van der Waals surface area contributed by atoms with Crippen LogP contribution in [0.5, 0.6) is 11.5 Å². The first-order chi connectivity index (χ1) is 16.0. The maximum Gasteiger partial charge on any atom is 0.265 e. The van der Waals surface area contributed by atoms with Crippen molar-refractivity contribution in [2.45, 2.75) is 33.0 Å². The van der Waals surface area contributed by atoms with Crippen molar-refractivity contribution in [1.29, 1.82) is 0 Å². The Balaban J connectivity index is 1.43. The summed E-state index contributed by atoms with van der Waals surface area (Å²) in [6.07, 6.45) is 1.61. The molecule has 0 spiro atoms. The van der Waals surface area contributed by atoms with Crippen molar-refractivity contribution < 1.29 is 14.3 Å². The summed E-state index contributed by atoms with van der Waals surface area (Å²) >= 11 is 0. The predicted octanol–water partition coefficient (Wildman–Crippen LogP) is 4.38. The molecule has 2 heterocycles. The lowest BCUT2D eigenvalue weighted by Gasteiger charge is -2.17. The molecule has 7 nitrogen and oxygen atoms in total. The Morgan fingerprint density at radius 3 is 2.61 bits per heavy atom. The van der Waals surface area contributed by atoms with Gasteiger partial charge in [-0.25, -0.2) is 4.98 Å². The second-order valence-corrected chi connectivity index (χ2v) is 7.60. The van der Waals surface area contributed by atoms with Crippen LogP contribution >= 0.6 is 0 Å². The highest BCUT2D eigenvalue weighted by Gasteiger charge is 2.18. The minimum atomic E-state index is -0.616. The molecule has 1 atom stereocenters. The van der Waals surface area contributed by atoms with Gasteiger partial charge in [0.15, 0.2) is 6.10 Å². The Labute approximate surface area is 191 Å². The van der Waals surface area contributed by atoms with Gasteiger partial charge in [-0.3, -0.25) is 14.0 Å². The highest BCUT2D eigenvalue weighted by molar-refractivity contribution is 5.94. The third-order valence-electron chi connectivity index (χ3n) is 5.11. The molecule has 168 valence electrons. The molecule has 0 radical (unpaired) electrons. The largest absolute Gasteiger partial charge is 0.487 e. The zero-order valence-corrected chi connectivity index (χ0v) is 18.5. The maximum absolute atomic E-state index is 12.7. The molecule has 2 aromatic carbocycles. The molecule has 0 fully saturated rings. The second-order valence-electron chi connectivity index (χ2n) is 7.60. The summed E-state index contributed by atoms with van der Waals surface area (Å²) in [5, 5.41) is 2.88. The highest BCUT2D eigenvalue weighted by atomic mass is 16.5. The first kappa shape index (κ1) is 22.1. The lowest BCUT2D eigenvalue weighted by atomic mass is 10.2. The monoisotopic (exact) mass is 443 g/mol. The number of nitrogens with zero attached hydrogens (tertiary/aromatic N) is 2. The van der Waals surface area contributed by atoms with E-state index in [4.69, 9.17) is 9.47 Å². The number of nitrogens with one attached hydrogen (secondary N) is 1. The molecule has 0 bridgehead atoms. The number of pyridine rings is 1. The number of benzene rings is 2. The molecule has 0 saturated heterocycles. The molecule has 0 aliphatic carbocycles. The van der Waals surface area contributed by atoms with Crippen molar-refractivity contribution >= 4 is 17.2 Å². The van der Waals surface area contributed by atoms with Crippen LogP contribution in [0.2, 0.25) is 0 Å². The highest BCUT2D eigenvalue weighted by Crippen LogP contribution is 2.20. The van der Waals surface area contributed by atoms with Crippen LogP contribution in [0.3, 0.4) is 0 Å². The van der Waals surface area contributed by atoms with Crippen molar-refractivity contribution in [3.05, 3.63) is 101 Å². The number of fused-ring (bicyclic) bond motifs is 1. The van der Waals surface area contributed by atoms with Gasteiger partial charge in [0.1, 0.15) is 23.8 Å². The van der Waals surface area contributed by atoms with Crippen LogP contribution in [-0.4, -0.2) is 21.4 Å². The van der Waals surface area contributed by atoms with Gasteiger partial charge in [0.05, 0.1) is 5.69 Å². The summed E-state index contributed by atoms with van der Waals surface area (Å²) in [4.78, 5) is 29.6. The van der Waals surface area contributed by atoms with Gasteiger partial charge in [0.25, 0.3) is 11.5 Å². The standard InChI is InChI=1S/C26H25N3O4/c1-3-23(33-21-11-5-4-6-12-21)26(31)28-19-10-7-13-22(15-19)32-17-20-16-24(30)29-14-8-9-18(2)25(29)27-20/h4-16,23H,3,17H2,1-2H3,(H,28,31)/t23-/m0/s1. The van der Waals surface area contributed by atoms with Crippen molar-refractivity contribution in [1.82, 2.24) is 9.38 Å². The predicted molar refractivity (Wildman–Crippen MR) is 127 cm³/mol. The number of hydrogen-bond donors (Lipinski definition) is 1. The van der Waals surface area contributed by atoms with Gasteiger partial charge >= 0.3 is 0 Å². The SMILES string of the molecule is CC[C@H](Oc1ccccc1)C(=O)Nc1cccc(OCc2cc(=O)n3cccc(C)c3n2)c1. The Kier molecular flexibility index (Phi) is 6.69. The summed E-state index contributed by atoms with van der Waals surface area (Å²) in [5.41, 5.74) is 2.48. The van der Waals surface area contributed by atoms with E-state index >= 15 is 0 Å². The van der Waals surface area contributed by atoms with Crippen molar-refractivity contribution in [2.75, 3.05) is 5.32 Å².